The molecule has 5 heteroatoms. The highest BCUT2D eigenvalue weighted by molar-refractivity contribution is 6.07. The van der Waals surface area contributed by atoms with Gasteiger partial charge in [-0.3, -0.25) is 14.6 Å². The van der Waals surface area contributed by atoms with Crippen LogP contribution in [0.1, 0.15) is 26.3 Å². The van der Waals surface area contributed by atoms with E-state index in [0.717, 1.165) is 11.3 Å². The Morgan fingerprint density at radius 1 is 0.923 bits per heavy atom. The Hall–Kier alpha value is -3.47. The molecule has 0 atom stereocenters. The fraction of sp³-hybridized carbons (Fsp3) is 0.0952. The van der Waals surface area contributed by atoms with Gasteiger partial charge in [0.25, 0.3) is 11.8 Å². The van der Waals surface area contributed by atoms with Crippen molar-refractivity contribution in [3.63, 3.8) is 0 Å². The van der Waals surface area contributed by atoms with Crippen LogP contribution in [0.5, 0.6) is 0 Å². The minimum absolute atomic E-state index is 0.221. The van der Waals surface area contributed by atoms with Crippen molar-refractivity contribution < 1.29 is 9.59 Å². The molecular weight excluding hydrogens is 326 g/mol. The minimum Gasteiger partial charge on any atom is -0.348 e. The van der Waals surface area contributed by atoms with Crippen LogP contribution in [0.25, 0.3) is 0 Å². The van der Waals surface area contributed by atoms with Gasteiger partial charge in [0.1, 0.15) is 0 Å². The molecule has 0 aliphatic heterocycles. The summed E-state index contributed by atoms with van der Waals surface area (Å²) in [6.07, 6.45) is 2.93. The topological polar surface area (TPSA) is 62.3 Å². The molecule has 2 aromatic carbocycles. The molecule has 0 unspecified atom stereocenters. The van der Waals surface area contributed by atoms with Gasteiger partial charge in [0.2, 0.25) is 0 Å². The highest BCUT2D eigenvalue weighted by atomic mass is 16.2. The van der Waals surface area contributed by atoms with E-state index in [-0.39, 0.29) is 11.8 Å². The Bertz CT molecular complexity index is 895. The van der Waals surface area contributed by atoms with Gasteiger partial charge < -0.3 is 10.2 Å². The maximum absolute atomic E-state index is 12.7. The average molecular weight is 345 g/mol. The van der Waals surface area contributed by atoms with Gasteiger partial charge in [-0.05, 0) is 23.8 Å². The summed E-state index contributed by atoms with van der Waals surface area (Å²) in [5, 5.41) is 2.84. The number of anilines is 1. The molecule has 0 saturated heterocycles. The first-order valence-corrected chi connectivity index (χ1v) is 8.25. The van der Waals surface area contributed by atoms with E-state index < -0.39 is 0 Å². The number of nitrogens with one attached hydrogen (secondary N) is 1. The first-order valence-electron chi connectivity index (χ1n) is 8.25. The lowest BCUT2D eigenvalue weighted by atomic mass is 10.1. The smallest absolute Gasteiger partial charge is 0.259 e. The van der Waals surface area contributed by atoms with E-state index in [1.165, 1.54) is 17.3 Å². The van der Waals surface area contributed by atoms with Crippen molar-refractivity contribution in [1.82, 2.24) is 10.3 Å². The van der Waals surface area contributed by atoms with Gasteiger partial charge in [-0.2, -0.15) is 0 Å². The quantitative estimate of drug-likeness (QED) is 0.772. The summed E-state index contributed by atoms with van der Waals surface area (Å²) in [5.74, 6) is -0.486. The Labute approximate surface area is 152 Å². The summed E-state index contributed by atoms with van der Waals surface area (Å²) in [6.45, 7) is 0.418. The summed E-state index contributed by atoms with van der Waals surface area (Å²) < 4.78 is 0. The molecule has 2 amide bonds. The number of para-hydroxylation sites is 1. The largest absolute Gasteiger partial charge is 0.348 e. The van der Waals surface area contributed by atoms with E-state index in [1.807, 2.05) is 60.7 Å². The number of aromatic nitrogens is 1. The van der Waals surface area contributed by atoms with E-state index in [2.05, 4.69) is 10.3 Å². The lowest BCUT2D eigenvalue weighted by molar-refractivity contribution is 0.0950. The fourth-order valence-electron chi connectivity index (χ4n) is 2.52. The summed E-state index contributed by atoms with van der Waals surface area (Å²) in [4.78, 5) is 30.6. The van der Waals surface area contributed by atoms with Crippen molar-refractivity contribution >= 4 is 17.5 Å². The van der Waals surface area contributed by atoms with Crippen molar-refractivity contribution in [3.05, 3.63) is 95.8 Å². The molecule has 1 heterocycles. The zero-order valence-electron chi connectivity index (χ0n) is 14.4. The van der Waals surface area contributed by atoms with Crippen molar-refractivity contribution in [2.45, 2.75) is 6.54 Å². The van der Waals surface area contributed by atoms with Gasteiger partial charge in [0.05, 0.1) is 11.1 Å². The second-order valence-corrected chi connectivity index (χ2v) is 5.83. The number of pyridine rings is 1. The Kier molecular flexibility index (Phi) is 5.39. The van der Waals surface area contributed by atoms with E-state index in [0.29, 0.717) is 17.7 Å². The van der Waals surface area contributed by atoms with Crippen LogP contribution in [0.3, 0.4) is 0 Å². The molecule has 1 aromatic heterocycles. The standard InChI is InChI=1S/C21H19N3O2/c1-24(19-10-6-3-7-11-19)21(26)18-12-17(14-22-15-18)20(25)23-13-16-8-4-2-5-9-16/h2-12,14-15H,13H2,1H3,(H,23,25). The molecule has 0 aliphatic carbocycles. The third-order valence-corrected chi connectivity index (χ3v) is 3.99. The van der Waals surface area contributed by atoms with Gasteiger partial charge in [-0.1, -0.05) is 48.5 Å². The van der Waals surface area contributed by atoms with Crippen LogP contribution < -0.4 is 10.2 Å². The number of benzene rings is 2. The lowest BCUT2D eigenvalue weighted by Crippen LogP contribution is -2.27. The summed E-state index contributed by atoms with van der Waals surface area (Å²) >= 11 is 0. The number of nitrogens with zero attached hydrogens (tertiary/aromatic N) is 2. The minimum atomic E-state index is -0.265. The average Bonchev–Trinajstić information content (AvgIpc) is 2.72. The van der Waals surface area contributed by atoms with Crippen LogP contribution in [0.15, 0.2) is 79.1 Å². The van der Waals surface area contributed by atoms with Gasteiger partial charge in [0, 0.05) is 31.7 Å². The summed E-state index contributed by atoms with van der Waals surface area (Å²) in [6, 6.07) is 20.5. The first-order chi connectivity index (χ1) is 12.6. The Morgan fingerprint density at radius 3 is 2.23 bits per heavy atom. The molecule has 3 rings (SSSR count). The predicted molar refractivity (Wildman–Crippen MR) is 101 cm³/mol. The van der Waals surface area contributed by atoms with Crippen LogP contribution in [0, 0.1) is 0 Å². The van der Waals surface area contributed by atoms with Crippen molar-refractivity contribution in [2.75, 3.05) is 11.9 Å². The lowest BCUT2D eigenvalue weighted by Gasteiger charge is -2.17. The second kappa shape index (κ2) is 8.07. The molecule has 130 valence electrons. The molecule has 0 spiro atoms. The second-order valence-electron chi connectivity index (χ2n) is 5.83. The van der Waals surface area contributed by atoms with E-state index >= 15 is 0 Å². The van der Waals surface area contributed by atoms with E-state index in [9.17, 15) is 9.59 Å². The monoisotopic (exact) mass is 345 g/mol. The van der Waals surface area contributed by atoms with Crippen LogP contribution >= 0.6 is 0 Å². The SMILES string of the molecule is CN(C(=O)c1cncc(C(=O)NCc2ccccc2)c1)c1ccccc1. The van der Waals surface area contributed by atoms with E-state index in [1.54, 1.807) is 13.1 Å². The molecule has 0 aliphatic rings. The summed E-state index contributed by atoms with van der Waals surface area (Å²) in [5.41, 5.74) is 2.50. The maximum Gasteiger partial charge on any atom is 0.259 e. The number of hydrogen-bond donors (Lipinski definition) is 1. The fourth-order valence-corrected chi connectivity index (χ4v) is 2.52. The molecule has 3 aromatic rings. The van der Waals surface area contributed by atoms with Crippen molar-refractivity contribution in [1.29, 1.82) is 0 Å². The molecule has 0 saturated carbocycles. The van der Waals surface area contributed by atoms with Crippen LogP contribution in [-0.4, -0.2) is 23.8 Å². The van der Waals surface area contributed by atoms with Gasteiger partial charge in [-0.25, -0.2) is 0 Å². The highest BCUT2D eigenvalue weighted by Gasteiger charge is 2.16. The summed E-state index contributed by atoms with van der Waals surface area (Å²) in [7, 11) is 1.69. The number of amides is 2. The third kappa shape index (κ3) is 4.13. The molecule has 5 nitrogen and oxygen atoms in total. The zero-order valence-corrected chi connectivity index (χ0v) is 14.4. The van der Waals surface area contributed by atoms with Crippen molar-refractivity contribution in [2.24, 2.45) is 0 Å². The number of hydrogen-bond acceptors (Lipinski definition) is 3. The first kappa shape index (κ1) is 17.4. The number of carbonyl (C=O) groups is 2. The molecule has 26 heavy (non-hydrogen) atoms. The number of rotatable bonds is 5. The zero-order chi connectivity index (χ0) is 18.4. The third-order valence-electron chi connectivity index (χ3n) is 3.99. The van der Waals surface area contributed by atoms with Crippen molar-refractivity contribution in [3.8, 4) is 0 Å². The van der Waals surface area contributed by atoms with Gasteiger partial charge in [0.15, 0.2) is 0 Å². The predicted octanol–water partition coefficient (Wildman–Crippen LogP) is 3.29. The molecule has 1 N–H and O–H groups in total. The molecule has 0 bridgehead atoms. The van der Waals surface area contributed by atoms with Gasteiger partial charge >= 0.3 is 0 Å². The van der Waals surface area contributed by atoms with Crippen LogP contribution in [0.2, 0.25) is 0 Å². The van der Waals surface area contributed by atoms with Crippen LogP contribution in [-0.2, 0) is 6.54 Å². The molecular formula is C21H19N3O2. The Balaban J connectivity index is 1.71. The Morgan fingerprint density at radius 2 is 1.54 bits per heavy atom. The normalized spacial score (nSPS) is 10.2. The highest BCUT2D eigenvalue weighted by Crippen LogP contribution is 2.15. The molecule has 0 radical (unpaired) electrons. The van der Waals surface area contributed by atoms with Crippen LogP contribution in [0.4, 0.5) is 5.69 Å². The van der Waals surface area contributed by atoms with E-state index in [4.69, 9.17) is 0 Å². The number of carbonyl (C=O) groups excluding carboxylic acids is 2. The van der Waals surface area contributed by atoms with Gasteiger partial charge in [-0.15, -0.1) is 0 Å². The maximum atomic E-state index is 12.7. The molecule has 0 fully saturated rings.